The molecule has 0 N–H and O–H groups in total. The summed E-state index contributed by atoms with van der Waals surface area (Å²) in [5, 5.41) is 1.33. The number of fused-ring (bicyclic) bond motifs is 7. The third-order valence-corrected chi connectivity index (χ3v) is 16.1. The molecule has 0 radical (unpaired) electrons. The Bertz CT molecular complexity index is 3130. The van der Waals surface area contributed by atoms with Gasteiger partial charge in [0.1, 0.15) is 0 Å². The lowest BCUT2D eigenvalue weighted by molar-refractivity contribution is 0.332. The third kappa shape index (κ3) is 6.42. The van der Waals surface area contributed by atoms with Crippen molar-refractivity contribution in [3.05, 3.63) is 173 Å². The second-order valence-corrected chi connectivity index (χ2v) is 22.6. The maximum Gasteiger partial charge on any atom is 0.264 e. The van der Waals surface area contributed by atoms with Gasteiger partial charge in [0.05, 0.1) is 11.4 Å². The van der Waals surface area contributed by atoms with Gasteiger partial charge in [0.25, 0.3) is 6.71 Å². The van der Waals surface area contributed by atoms with Crippen molar-refractivity contribution < 1.29 is 0 Å². The first kappa shape index (κ1) is 40.9. The molecular weight excluding hydrogens is 792 g/mol. The number of benzene rings is 7. The van der Waals surface area contributed by atoms with E-state index in [9.17, 15) is 0 Å². The number of anilines is 6. The summed E-state index contributed by atoms with van der Waals surface area (Å²) in [5.74, 6) is 0.457. The van der Waals surface area contributed by atoms with E-state index >= 15 is 0 Å². The minimum absolute atomic E-state index is 0.00684. The molecule has 0 bridgehead atoms. The molecule has 3 heterocycles. The highest BCUT2D eigenvalue weighted by Crippen LogP contribution is 2.53. The monoisotopic (exact) mass is 850 g/mol. The van der Waals surface area contributed by atoms with Crippen molar-refractivity contribution in [1.82, 2.24) is 0 Å². The van der Waals surface area contributed by atoms with Gasteiger partial charge in [0.15, 0.2) is 0 Å². The Morgan fingerprint density at radius 2 is 1.22 bits per heavy atom. The van der Waals surface area contributed by atoms with E-state index in [-0.39, 0.29) is 23.0 Å². The molecule has 0 saturated heterocycles. The molecule has 0 spiro atoms. The number of aryl methyl sites for hydroxylation is 1. The van der Waals surface area contributed by atoms with E-state index in [4.69, 9.17) is 0 Å². The Labute approximate surface area is 385 Å². The molecule has 7 aromatic carbocycles. The SMILES string of the molecule is Cc1cc2c3c(c1)N(c1cc(-c4ccccc4)ccc1-c1ccccc1)c1c(sc4ccc(C(C)(C)C)cc14)B3c1cc3c(cc1N2c1ccc(C(C)C)cc1)C(C)(C)CCC3(C)C. The molecule has 318 valence electrons. The van der Waals surface area contributed by atoms with Crippen LogP contribution in [0.2, 0.25) is 0 Å². The van der Waals surface area contributed by atoms with Crippen LogP contribution in [0.1, 0.15) is 109 Å². The summed E-state index contributed by atoms with van der Waals surface area (Å²) in [6.07, 6.45) is 2.35. The molecule has 0 unspecified atom stereocenters. The van der Waals surface area contributed by atoms with Crippen molar-refractivity contribution in [1.29, 1.82) is 0 Å². The molecule has 64 heavy (non-hydrogen) atoms. The fourth-order valence-electron chi connectivity index (χ4n) is 11.1. The highest BCUT2D eigenvalue weighted by atomic mass is 32.1. The second kappa shape index (κ2) is 14.6. The molecule has 3 aliphatic rings. The second-order valence-electron chi connectivity index (χ2n) is 21.5. The Morgan fingerprint density at radius 1 is 0.594 bits per heavy atom. The average Bonchev–Trinajstić information content (AvgIpc) is 3.66. The minimum atomic E-state index is -0.00684. The molecule has 4 heteroatoms. The Morgan fingerprint density at radius 3 is 1.86 bits per heavy atom. The van der Waals surface area contributed by atoms with Gasteiger partial charge in [-0.1, -0.05) is 159 Å². The fraction of sp³-hybridized carbons (Fsp3) is 0.267. The molecular formula is C60H59BN2S. The quantitative estimate of drug-likeness (QED) is 0.159. The highest BCUT2D eigenvalue weighted by Gasteiger charge is 2.48. The molecule has 0 amide bonds. The van der Waals surface area contributed by atoms with Crippen LogP contribution in [0.3, 0.4) is 0 Å². The highest BCUT2D eigenvalue weighted by molar-refractivity contribution is 7.33. The Kier molecular flexibility index (Phi) is 9.33. The van der Waals surface area contributed by atoms with Crippen LogP contribution in [0.15, 0.2) is 146 Å². The van der Waals surface area contributed by atoms with Gasteiger partial charge in [-0.25, -0.2) is 0 Å². The molecule has 0 saturated carbocycles. The van der Waals surface area contributed by atoms with E-state index in [1.54, 1.807) is 0 Å². The number of rotatable bonds is 5. The van der Waals surface area contributed by atoms with E-state index in [1.165, 1.54) is 123 Å². The smallest absolute Gasteiger partial charge is 0.264 e. The van der Waals surface area contributed by atoms with Gasteiger partial charge >= 0.3 is 0 Å². The standard InChI is InChI=1S/C60H59BN2S/c1-37(2)39-21-25-44(26-22-39)62-51-36-48-47(59(7,8)29-30-60(48,9)10)35-49(51)61-55-52(62)31-38(3)32-53(55)63(56-46-34-43(58(4,5)6)24-28-54(46)64-57(56)61)50-33-42(40-17-13-11-14-18-40)23-27-45(50)41-19-15-12-16-20-41/h11-28,31-37H,29-30H2,1-10H3. The molecule has 1 aromatic heterocycles. The number of hydrogen-bond donors (Lipinski definition) is 0. The average molecular weight is 851 g/mol. The van der Waals surface area contributed by atoms with Crippen LogP contribution in [-0.2, 0) is 16.2 Å². The molecule has 2 nitrogen and oxygen atoms in total. The van der Waals surface area contributed by atoms with Crippen molar-refractivity contribution in [3.63, 3.8) is 0 Å². The van der Waals surface area contributed by atoms with Gasteiger partial charge in [0.2, 0.25) is 0 Å². The lowest BCUT2D eigenvalue weighted by Gasteiger charge is -2.47. The van der Waals surface area contributed by atoms with Crippen LogP contribution in [0.5, 0.6) is 0 Å². The van der Waals surface area contributed by atoms with Crippen molar-refractivity contribution in [2.24, 2.45) is 0 Å². The van der Waals surface area contributed by atoms with Crippen molar-refractivity contribution >= 4 is 78.0 Å². The first-order valence-corrected chi connectivity index (χ1v) is 24.3. The van der Waals surface area contributed by atoms with Crippen LogP contribution in [-0.4, -0.2) is 6.71 Å². The zero-order valence-electron chi connectivity index (χ0n) is 39.2. The van der Waals surface area contributed by atoms with E-state index in [2.05, 4.69) is 225 Å². The van der Waals surface area contributed by atoms with E-state index in [1.807, 2.05) is 11.3 Å². The summed E-state index contributed by atoms with van der Waals surface area (Å²) in [6, 6.07) is 56.1. The topological polar surface area (TPSA) is 6.48 Å². The predicted molar refractivity (Wildman–Crippen MR) is 280 cm³/mol. The third-order valence-electron chi connectivity index (χ3n) is 14.9. The van der Waals surface area contributed by atoms with E-state index < -0.39 is 0 Å². The van der Waals surface area contributed by atoms with E-state index in [0.29, 0.717) is 5.92 Å². The molecule has 1 aliphatic carbocycles. The largest absolute Gasteiger partial charge is 0.311 e. The van der Waals surface area contributed by atoms with Crippen LogP contribution >= 0.6 is 11.3 Å². The van der Waals surface area contributed by atoms with Gasteiger partial charge in [-0.05, 0) is 146 Å². The maximum absolute atomic E-state index is 2.69. The molecule has 0 atom stereocenters. The molecule has 0 fully saturated rings. The normalized spacial score (nSPS) is 15.8. The Balaban J connectivity index is 1.29. The molecule has 11 rings (SSSR count). The lowest BCUT2D eigenvalue weighted by atomic mass is 9.35. The fourth-order valence-corrected chi connectivity index (χ4v) is 12.4. The predicted octanol–water partition coefficient (Wildman–Crippen LogP) is 15.4. The summed E-state index contributed by atoms with van der Waals surface area (Å²) < 4.78 is 2.76. The summed E-state index contributed by atoms with van der Waals surface area (Å²) in [6.45, 7) is 23.9. The summed E-state index contributed by atoms with van der Waals surface area (Å²) in [4.78, 5) is 5.32. The van der Waals surface area contributed by atoms with Gasteiger partial charge in [-0.2, -0.15) is 0 Å². The number of nitrogens with zero attached hydrogens (tertiary/aromatic N) is 2. The van der Waals surface area contributed by atoms with Gasteiger partial charge in [-0.15, -0.1) is 11.3 Å². The van der Waals surface area contributed by atoms with Crippen LogP contribution in [0, 0.1) is 6.92 Å². The van der Waals surface area contributed by atoms with Crippen LogP contribution in [0.25, 0.3) is 32.3 Å². The lowest BCUT2D eigenvalue weighted by Crippen LogP contribution is -2.61. The first-order chi connectivity index (χ1) is 30.6. The van der Waals surface area contributed by atoms with Gasteiger partial charge in [-0.3, -0.25) is 0 Å². The zero-order chi connectivity index (χ0) is 44.4. The van der Waals surface area contributed by atoms with Crippen molar-refractivity contribution in [2.45, 2.75) is 104 Å². The zero-order valence-corrected chi connectivity index (χ0v) is 40.0. The van der Waals surface area contributed by atoms with Crippen LogP contribution < -0.4 is 25.5 Å². The summed E-state index contributed by atoms with van der Waals surface area (Å²) in [7, 11) is 0. The van der Waals surface area contributed by atoms with Gasteiger partial charge < -0.3 is 9.80 Å². The van der Waals surface area contributed by atoms with E-state index in [0.717, 1.165) is 0 Å². The number of hydrogen-bond acceptors (Lipinski definition) is 3. The summed E-state index contributed by atoms with van der Waals surface area (Å²) in [5.41, 5.74) is 22.4. The Hall–Kier alpha value is -5.84. The molecule has 8 aromatic rings. The maximum atomic E-state index is 2.69. The minimum Gasteiger partial charge on any atom is -0.311 e. The van der Waals surface area contributed by atoms with Crippen molar-refractivity contribution in [3.8, 4) is 22.3 Å². The van der Waals surface area contributed by atoms with Crippen LogP contribution in [0.4, 0.5) is 34.1 Å². The van der Waals surface area contributed by atoms with Crippen molar-refractivity contribution in [2.75, 3.05) is 9.80 Å². The molecule has 2 aliphatic heterocycles. The van der Waals surface area contributed by atoms with Gasteiger partial charge in [0, 0.05) is 43.2 Å². The first-order valence-electron chi connectivity index (χ1n) is 23.4. The number of thiophene rings is 1. The summed E-state index contributed by atoms with van der Waals surface area (Å²) >= 11 is 2.01.